The lowest BCUT2D eigenvalue weighted by atomic mass is 10.1. The van der Waals surface area contributed by atoms with Crippen LogP contribution in [0.25, 0.3) is 10.9 Å². The van der Waals surface area contributed by atoms with Gasteiger partial charge in [0.1, 0.15) is 0 Å². The van der Waals surface area contributed by atoms with Crippen LogP contribution in [0.3, 0.4) is 0 Å². The highest BCUT2D eigenvalue weighted by molar-refractivity contribution is 6.07. The fourth-order valence-corrected chi connectivity index (χ4v) is 3.74. The Bertz CT molecular complexity index is 1070. The number of aromatic amines is 1. The Morgan fingerprint density at radius 1 is 1.24 bits per heavy atom. The normalized spacial score (nSPS) is 14.3. The number of aromatic nitrogens is 2. The van der Waals surface area contributed by atoms with Crippen LogP contribution in [0.5, 0.6) is 0 Å². The molecule has 1 saturated heterocycles. The first-order valence-corrected chi connectivity index (χ1v) is 9.84. The van der Waals surface area contributed by atoms with E-state index in [1.165, 1.54) is 0 Å². The van der Waals surface area contributed by atoms with Gasteiger partial charge in [0, 0.05) is 55.5 Å². The minimum Gasteiger partial charge on any atom is -0.380 e. The van der Waals surface area contributed by atoms with Gasteiger partial charge in [0.15, 0.2) is 5.82 Å². The summed E-state index contributed by atoms with van der Waals surface area (Å²) in [4.78, 5) is 24.9. The molecule has 29 heavy (non-hydrogen) atoms. The first-order valence-electron chi connectivity index (χ1n) is 9.84. The summed E-state index contributed by atoms with van der Waals surface area (Å²) >= 11 is 0. The molecule has 1 aliphatic heterocycles. The molecule has 3 aromatic rings. The van der Waals surface area contributed by atoms with Gasteiger partial charge < -0.3 is 20.1 Å². The molecule has 2 N–H and O–H groups in total. The van der Waals surface area contributed by atoms with Crippen molar-refractivity contribution in [3.05, 3.63) is 53.9 Å². The number of H-pyrrole nitrogens is 1. The zero-order chi connectivity index (χ0) is 20.4. The van der Waals surface area contributed by atoms with Crippen LogP contribution in [0.1, 0.15) is 29.8 Å². The number of anilines is 2. The van der Waals surface area contributed by atoms with Gasteiger partial charge in [0.05, 0.1) is 22.9 Å². The maximum atomic E-state index is 13.1. The molecular weight excluding hydrogens is 364 g/mol. The highest BCUT2D eigenvalue weighted by Crippen LogP contribution is 2.26. The molecule has 0 unspecified atom stereocenters. The van der Waals surface area contributed by atoms with Crippen molar-refractivity contribution < 1.29 is 4.79 Å². The Morgan fingerprint density at radius 3 is 2.76 bits per heavy atom. The van der Waals surface area contributed by atoms with E-state index in [0.717, 1.165) is 35.5 Å². The van der Waals surface area contributed by atoms with Crippen LogP contribution in [0.2, 0.25) is 0 Å². The zero-order valence-corrected chi connectivity index (χ0v) is 16.6. The molecule has 0 bridgehead atoms. The number of amides is 1. The van der Waals surface area contributed by atoms with Gasteiger partial charge in [-0.25, -0.2) is 4.98 Å². The molecular formula is C22H24N6O. The number of nitriles is 1. The third kappa shape index (κ3) is 3.74. The van der Waals surface area contributed by atoms with E-state index >= 15 is 0 Å². The molecule has 1 aliphatic rings. The molecule has 0 aliphatic carbocycles. The molecule has 7 nitrogen and oxygen atoms in total. The first-order chi connectivity index (χ1) is 14.1. The molecule has 0 saturated carbocycles. The maximum Gasteiger partial charge on any atom is 0.256 e. The summed E-state index contributed by atoms with van der Waals surface area (Å²) in [6, 6.07) is 11.8. The maximum absolute atomic E-state index is 13.1. The van der Waals surface area contributed by atoms with Crippen molar-refractivity contribution in [2.75, 3.05) is 36.4 Å². The van der Waals surface area contributed by atoms with Gasteiger partial charge in [0.25, 0.3) is 5.91 Å². The minimum atomic E-state index is 0.0159. The van der Waals surface area contributed by atoms with E-state index < -0.39 is 0 Å². The van der Waals surface area contributed by atoms with Crippen LogP contribution >= 0.6 is 0 Å². The van der Waals surface area contributed by atoms with E-state index in [1.54, 1.807) is 24.5 Å². The zero-order valence-electron chi connectivity index (χ0n) is 16.6. The number of hydrogen-bond acceptors (Lipinski definition) is 5. The van der Waals surface area contributed by atoms with E-state index in [-0.39, 0.29) is 5.91 Å². The Labute approximate surface area is 170 Å². The number of rotatable bonds is 4. The standard InChI is InChI=1S/C22H24N6O/c1-15(2)26-19-4-3-7-24-21(19)27-8-10-28(11-9-27)22(29)18-14-25-20-12-16(13-23)5-6-17(18)20/h3-7,12,14-15,25-26H,8-11H2,1-2H3. The third-order valence-corrected chi connectivity index (χ3v) is 5.14. The van der Waals surface area contributed by atoms with Gasteiger partial charge in [-0.2, -0.15) is 5.26 Å². The van der Waals surface area contributed by atoms with Gasteiger partial charge in [0.2, 0.25) is 0 Å². The number of nitrogens with zero attached hydrogens (tertiary/aromatic N) is 4. The second kappa shape index (κ2) is 7.84. The van der Waals surface area contributed by atoms with Crippen molar-refractivity contribution in [3.8, 4) is 6.07 Å². The predicted molar refractivity (Wildman–Crippen MR) is 114 cm³/mol. The fourth-order valence-electron chi connectivity index (χ4n) is 3.74. The van der Waals surface area contributed by atoms with Crippen molar-refractivity contribution >= 4 is 28.3 Å². The fraction of sp³-hybridized carbons (Fsp3) is 0.318. The Morgan fingerprint density at radius 2 is 2.03 bits per heavy atom. The summed E-state index contributed by atoms with van der Waals surface area (Å²) in [6.45, 7) is 6.95. The molecule has 4 rings (SSSR count). The number of hydrogen-bond donors (Lipinski definition) is 2. The second-order valence-corrected chi connectivity index (χ2v) is 7.53. The predicted octanol–water partition coefficient (Wildman–Crippen LogP) is 3.22. The lowest BCUT2D eigenvalue weighted by Crippen LogP contribution is -2.49. The SMILES string of the molecule is CC(C)Nc1cccnc1N1CCN(C(=O)c2c[nH]c3cc(C#N)ccc23)CC1. The average Bonchev–Trinajstić information content (AvgIpc) is 3.16. The highest BCUT2D eigenvalue weighted by atomic mass is 16.2. The average molecular weight is 388 g/mol. The monoisotopic (exact) mass is 388 g/mol. The minimum absolute atomic E-state index is 0.0159. The molecule has 1 fully saturated rings. The largest absolute Gasteiger partial charge is 0.380 e. The van der Waals surface area contributed by atoms with Gasteiger partial charge in [-0.05, 0) is 38.1 Å². The van der Waals surface area contributed by atoms with E-state index in [4.69, 9.17) is 5.26 Å². The summed E-state index contributed by atoms with van der Waals surface area (Å²) in [7, 11) is 0. The van der Waals surface area contributed by atoms with E-state index in [2.05, 4.69) is 40.1 Å². The van der Waals surface area contributed by atoms with Gasteiger partial charge in [-0.15, -0.1) is 0 Å². The van der Waals surface area contributed by atoms with Crippen LogP contribution in [0.4, 0.5) is 11.5 Å². The summed E-state index contributed by atoms with van der Waals surface area (Å²) in [5, 5.41) is 13.3. The molecule has 1 aromatic carbocycles. The molecule has 3 heterocycles. The molecule has 7 heteroatoms. The number of fused-ring (bicyclic) bond motifs is 1. The highest BCUT2D eigenvalue weighted by Gasteiger charge is 2.25. The first kappa shape index (κ1) is 18.8. The molecule has 2 aromatic heterocycles. The molecule has 1 amide bonds. The number of nitrogens with one attached hydrogen (secondary N) is 2. The Balaban J connectivity index is 1.48. The van der Waals surface area contributed by atoms with Crippen molar-refractivity contribution in [2.45, 2.75) is 19.9 Å². The smallest absolute Gasteiger partial charge is 0.256 e. The van der Waals surface area contributed by atoms with Crippen molar-refractivity contribution in [2.24, 2.45) is 0 Å². The van der Waals surface area contributed by atoms with Gasteiger partial charge in [-0.3, -0.25) is 4.79 Å². The van der Waals surface area contributed by atoms with Crippen LogP contribution in [-0.2, 0) is 0 Å². The lowest BCUT2D eigenvalue weighted by molar-refractivity contribution is 0.0748. The van der Waals surface area contributed by atoms with E-state index in [0.29, 0.717) is 30.3 Å². The second-order valence-electron chi connectivity index (χ2n) is 7.53. The number of piperazine rings is 1. The topological polar surface area (TPSA) is 88.1 Å². The van der Waals surface area contributed by atoms with Crippen LogP contribution < -0.4 is 10.2 Å². The molecule has 0 radical (unpaired) electrons. The van der Waals surface area contributed by atoms with Crippen LogP contribution in [0, 0.1) is 11.3 Å². The number of carbonyl (C=O) groups excluding carboxylic acids is 1. The molecule has 0 atom stereocenters. The van der Waals surface area contributed by atoms with Crippen molar-refractivity contribution in [1.29, 1.82) is 5.26 Å². The lowest BCUT2D eigenvalue weighted by Gasteiger charge is -2.36. The quantitative estimate of drug-likeness (QED) is 0.716. The summed E-state index contributed by atoms with van der Waals surface area (Å²) in [5.74, 6) is 0.951. The number of pyridine rings is 1. The van der Waals surface area contributed by atoms with Crippen molar-refractivity contribution in [1.82, 2.24) is 14.9 Å². The Hall–Kier alpha value is -3.53. The summed E-state index contributed by atoms with van der Waals surface area (Å²) < 4.78 is 0. The van der Waals surface area contributed by atoms with Gasteiger partial charge in [-0.1, -0.05) is 6.07 Å². The summed E-state index contributed by atoms with van der Waals surface area (Å²) in [5.41, 5.74) is 3.06. The van der Waals surface area contributed by atoms with Crippen LogP contribution in [0.15, 0.2) is 42.7 Å². The Kier molecular flexibility index (Phi) is 5.09. The molecule has 0 spiro atoms. The van der Waals surface area contributed by atoms with Gasteiger partial charge >= 0.3 is 0 Å². The number of carbonyl (C=O) groups is 1. The van der Waals surface area contributed by atoms with Crippen molar-refractivity contribution in [3.63, 3.8) is 0 Å². The van der Waals surface area contributed by atoms with Crippen LogP contribution in [-0.4, -0.2) is 53.0 Å². The molecule has 148 valence electrons. The summed E-state index contributed by atoms with van der Waals surface area (Å²) in [6.07, 6.45) is 3.55. The van der Waals surface area contributed by atoms with E-state index in [9.17, 15) is 4.79 Å². The van der Waals surface area contributed by atoms with E-state index in [1.807, 2.05) is 23.1 Å². The third-order valence-electron chi connectivity index (χ3n) is 5.14. The number of benzene rings is 1.